The minimum absolute atomic E-state index is 0.0406. The predicted molar refractivity (Wildman–Crippen MR) is 87.1 cm³/mol. The molecule has 2 N–H and O–H groups in total. The zero-order valence-corrected chi connectivity index (χ0v) is 13.8. The van der Waals surface area contributed by atoms with Gasteiger partial charge in [-0.1, -0.05) is 0 Å². The summed E-state index contributed by atoms with van der Waals surface area (Å²) in [4.78, 5) is 13.6. The second kappa shape index (κ2) is 5.19. The van der Waals surface area contributed by atoms with Gasteiger partial charge in [0.25, 0.3) is 0 Å². The zero-order valence-electron chi connectivity index (χ0n) is 13.0. The Balaban J connectivity index is 2.07. The second-order valence-corrected chi connectivity index (χ2v) is 7.48. The van der Waals surface area contributed by atoms with Crippen LogP contribution < -0.4 is 10.6 Å². The number of nitrogens with zero attached hydrogens (tertiary/aromatic N) is 3. The highest BCUT2D eigenvalue weighted by Crippen LogP contribution is 2.36. The second-order valence-electron chi connectivity index (χ2n) is 6.28. The summed E-state index contributed by atoms with van der Waals surface area (Å²) in [6, 6.07) is 0. The lowest BCUT2D eigenvalue weighted by atomic mass is 10.0. The van der Waals surface area contributed by atoms with E-state index in [9.17, 15) is 0 Å². The van der Waals surface area contributed by atoms with Crippen LogP contribution in [0.1, 0.15) is 24.3 Å². The quantitative estimate of drug-likeness (QED) is 0.922. The van der Waals surface area contributed by atoms with Crippen LogP contribution in [0.2, 0.25) is 0 Å². The predicted octanol–water partition coefficient (Wildman–Crippen LogP) is 2.25. The van der Waals surface area contributed by atoms with Crippen LogP contribution in [0.3, 0.4) is 0 Å². The van der Waals surface area contributed by atoms with Crippen molar-refractivity contribution in [1.82, 2.24) is 9.97 Å². The topological polar surface area (TPSA) is 64.3 Å². The van der Waals surface area contributed by atoms with Gasteiger partial charge in [-0.15, -0.1) is 11.3 Å². The van der Waals surface area contributed by atoms with Crippen molar-refractivity contribution in [3.05, 3.63) is 16.8 Å². The van der Waals surface area contributed by atoms with Crippen LogP contribution in [0.4, 0.5) is 5.82 Å². The molecule has 2 aromatic rings. The molecule has 2 aromatic heterocycles. The first-order chi connectivity index (χ1) is 9.91. The number of anilines is 1. The number of aryl methyl sites for hydroxylation is 2. The largest absolute Gasteiger partial charge is 0.367 e. The Morgan fingerprint density at radius 3 is 2.90 bits per heavy atom. The Hall–Kier alpha value is -1.24. The molecule has 5 nitrogen and oxygen atoms in total. The number of hydrogen-bond acceptors (Lipinski definition) is 6. The van der Waals surface area contributed by atoms with Crippen LogP contribution in [0.25, 0.3) is 10.2 Å². The molecule has 0 bridgehead atoms. The van der Waals surface area contributed by atoms with E-state index in [1.54, 1.807) is 17.7 Å². The summed E-state index contributed by atoms with van der Waals surface area (Å²) >= 11 is 1.73. The molecule has 0 radical (unpaired) electrons. The average Bonchev–Trinajstić information content (AvgIpc) is 2.72. The molecule has 0 aliphatic carbocycles. The van der Waals surface area contributed by atoms with Crippen molar-refractivity contribution in [3.63, 3.8) is 0 Å². The van der Waals surface area contributed by atoms with Gasteiger partial charge in [0.15, 0.2) is 0 Å². The Bertz CT molecular complexity index is 667. The van der Waals surface area contributed by atoms with E-state index >= 15 is 0 Å². The van der Waals surface area contributed by atoms with Crippen LogP contribution >= 0.6 is 11.3 Å². The highest BCUT2D eigenvalue weighted by Gasteiger charge is 2.34. The van der Waals surface area contributed by atoms with Crippen LogP contribution in [0.5, 0.6) is 0 Å². The van der Waals surface area contributed by atoms with Crippen LogP contribution in [-0.2, 0) is 4.74 Å². The summed E-state index contributed by atoms with van der Waals surface area (Å²) in [6.45, 7) is 10.6. The fourth-order valence-corrected chi connectivity index (χ4v) is 3.97. The van der Waals surface area contributed by atoms with E-state index in [1.807, 2.05) is 0 Å². The number of nitrogens with two attached hydrogens (primary N) is 1. The highest BCUT2D eigenvalue weighted by atomic mass is 32.1. The normalized spacial score (nSPS) is 22.0. The fraction of sp³-hybridized carbons (Fsp3) is 0.600. The molecule has 1 aliphatic rings. The van der Waals surface area contributed by atoms with Crippen molar-refractivity contribution in [2.75, 3.05) is 24.5 Å². The minimum Gasteiger partial charge on any atom is -0.367 e. The number of thiophene rings is 1. The Morgan fingerprint density at radius 2 is 2.19 bits per heavy atom. The van der Waals surface area contributed by atoms with Crippen molar-refractivity contribution in [1.29, 1.82) is 0 Å². The van der Waals surface area contributed by atoms with Crippen molar-refractivity contribution < 1.29 is 4.74 Å². The van der Waals surface area contributed by atoms with E-state index in [0.29, 0.717) is 6.54 Å². The molecule has 1 atom stereocenters. The van der Waals surface area contributed by atoms with Crippen molar-refractivity contribution >= 4 is 27.4 Å². The molecule has 3 heterocycles. The van der Waals surface area contributed by atoms with Gasteiger partial charge in [0, 0.05) is 24.5 Å². The van der Waals surface area contributed by atoms with E-state index in [2.05, 4.69) is 42.6 Å². The number of hydrogen-bond donors (Lipinski definition) is 1. The summed E-state index contributed by atoms with van der Waals surface area (Å²) in [6.07, 6.45) is 1.70. The molecule has 0 aromatic carbocycles. The summed E-state index contributed by atoms with van der Waals surface area (Å²) in [5, 5.41) is 1.17. The zero-order chi connectivity index (χ0) is 15.2. The first-order valence-electron chi connectivity index (χ1n) is 7.25. The third-order valence-corrected chi connectivity index (χ3v) is 5.10. The van der Waals surface area contributed by atoms with Crippen molar-refractivity contribution in [2.45, 2.75) is 39.4 Å². The monoisotopic (exact) mass is 306 g/mol. The molecular formula is C15H22N4OS. The molecule has 1 saturated heterocycles. The molecule has 0 amide bonds. The molecule has 114 valence electrons. The minimum atomic E-state index is -0.224. The molecule has 6 heteroatoms. The smallest absolute Gasteiger partial charge is 0.141 e. The number of aromatic nitrogens is 2. The number of fused-ring (bicyclic) bond motifs is 1. The van der Waals surface area contributed by atoms with Gasteiger partial charge in [-0.25, -0.2) is 9.97 Å². The third kappa shape index (κ3) is 2.63. The lowest BCUT2D eigenvalue weighted by Gasteiger charge is -2.43. The summed E-state index contributed by atoms with van der Waals surface area (Å²) in [7, 11) is 0. The molecular weight excluding hydrogens is 284 g/mol. The molecule has 0 spiro atoms. The number of ether oxygens (including phenoxy) is 1. The third-order valence-electron chi connectivity index (χ3n) is 3.99. The van der Waals surface area contributed by atoms with E-state index in [1.165, 1.54) is 15.8 Å². The molecule has 21 heavy (non-hydrogen) atoms. The summed E-state index contributed by atoms with van der Waals surface area (Å²) in [5.41, 5.74) is 6.88. The van der Waals surface area contributed by atoms with Gasteiger partial charge in [-0.05, 0) is 33.3 Å². The van der Waals surface area contributed by atoms with Gasteiger partial charge in [0.05, 0.1) is 17.1 Å². The van der Waals surface area contributed by atoms with Crippen LogP contribution in [0.15, 0.2) is 6.33 Å². The van der Waals surface area contributed by atoms with Crippen molar-refractivity contribution in [3.8, 4) is 0 Å². The number of rotatable bonds is 2. The van der Waals surface area contributed by atoms with Crippen molar-refractivity contribution in [2.24, 2.45) is 5.73 Å². The SMILES string of the molecule is Cc1sc2ncnc(N3CC(CN)OC(C)(C)C3)c2c1C. The number of morpholine rings is 1. The molecule has 0 saturated carbocycles. The molecule has 1 fully saturated rings. The van der Waals surface area contributed by atoms with Gasteiger partial charge in [-0.2, -0.15) is 0 Å². The summed E-state index contributed by atoms with van der Waals surface area (Å²) < 4.78 is 6.01. The molecule has 1 aliphatic heterocycles. The average molecular weight is 306 g/mol. The standard InChI is InChI=1S/C15H22N4OS/c1-9-10(2)21-14-12(9)13(17-8-18-14)19-6-11(5-16)20-15(3,4)7-19/h8,11H,5-7,16H2,1-4H3. The molecule has 1 unspecified atom stereocenters. The van der Waals surface area contributed by atoms with Gasteiger partial charge in [0.1, 0.15) is 17.0 Å². The van der Waals surface area contributed by atoms with Gasteiger partial charge in [0.2, 0.25) is 0 Å². The van der Waals surface area contributed by atoms with E-state index in [0.717, 1.165) is 23.7 Å². The van der Waals surface area contributed by atoms with Gasteiger partial charge >= 0.3 is 0 Å². The lowest BCUT2D eigenvalue weighted by molar-refractivity contribution is -0.0789. The fourth-order valence-electron chi connectivity index (χ4n) is 2.98. The lowest BCUT2D eigenvalue weighted by Crippen LogP contribution is -2.55. The van der Waals surface area contributed by atoms with Crippen LogP contribution in [-0.4, -0.2) is 41.3 Å². The Morgan fingerprint density at radius 1 is 1.43 bits per heavy atom. The summed E-state index contributed by atoms with van der Waals surface area (Å²) in [5.74, 6) is 1.01. The van der Waals surface area contributed by atoms with E-state index in [-0.39, 0.29) is 11.7 Å². The first-order valence-corrected chi connectivity index (χ1v) is 8.06. The first kappa shape index (κ1) is 14.7. The van der Waals surface area contributed by atoms with Gasteiger partial charge in [-0.3, -0.25) is 0 Å². The maximum Gasteiger partial charge on any atom is 0.141 e. The molecule has 3 rings (SSSR count). The Labute approximate surface area is 129 Å². The maximum atomic E-state index is 6.01. The maximum absolute atomic E-state index is 6.01. The van der Waals surface area contributed by atoms with Gasteiger partial charge < -0.3 is 15.4 Å². The van der Waals surface area contributed by atoms with E-state index < -0.39 is 0 Å². The van der Waals surface area contributed by atoms with Crippen LogP contribution in [0, 0.1) is 13.8 Å². The highest BCUT2D eigenvalue weighted by molar-refractivity contribution is 7.18. The van der Waals surface area contributed by atoms with E-state index in [4.69, 9.17) is 10.5 Å². The Kier molecular flexibility index (Phi) is 3.63.